The summed E-state index contributed by atoms with van der Waals surface area (Å²) in [6.45, 7) is 1.00. The van der Waals surface area contributed by atoms with Gasteiger partial charge in [-0.05, 0) is 36.4 Å². The molecule has 120 valence electrons. The molecule has 0 atom stereocenters. The average Bonchev–Trinajstić information content (AvgIpc) is 2.55. The highest BCUT2D eigenvalue weighted by Crippen LogP contribution is 2.13. The van der Waals surface area contributed by atoms with E-state index in [-0.39, 0.29) is 11.7 Å². The Bertz CT molecular complexity index is 608. The summed E-state index contributed by atoms with van der Waals surface area (Å²) in [6.07, 6.45) is 2.25. The van der Waals surface area contributed by atoms with Crippen molar-refractivity contribution in [3.63, 3.8) is 0 Å². The molecule has 0 fully saturated rings. The Morgan fingerprint density at radius 1 is 0.870 bits per heavy atom. The largest absolute Gasteiger partial charge is 0.493 e. The minimum Gasteiger partial charge on any atom is -0.493 e. The van der Waals surface area contributed by atoms with Crippen LogP contribution in [0, 0.1) is 10.8 Å². The molecule has 0 unspecified atom stereocenters. The first-order valence-corrected chi connectivity index (χ1v) is 7.07. The molecule has 0 aliphatic heterocycles. The molecule has 7 heteroatoms. The molecule has 0 aliphatic rings. The standard InChI is InChI=1S/C16H19N5O2/c17-15(18)11-2-4-12(5-3-11)22-8-1-9-23-13-6-7-14(16(19)20)21-10-13/h2-7,10H,1,8-9H2,(H3,17,18)(H3,19,20). The van der Waals surface area contributed by atoms with Gasteiger partial charge in [-0.3, -0.25) is 10.8 Å². The van der Waals surface area contributed by atoms with E-state index in [0.717, 1.165) is 5.75 Å². The number of nitrogen functional groups attached to an aromatic ring is 2. The van der Waals surface area contributed by atoms with Crippen LogP contribution < -0.4 is 20.9 Å². The number of rotatable bonds is 8. The van der Waals surface area contributed by atoms with Crippen molar-refractivity contribution in [3.05, 3.63) is 53.9 Å². The van der Waals surface area contributed by atoms with Crippen molar-refractivity contribution in [2.24, 2.45) is 11.5 Å². The third kappa shape index (κ3) is 4.99. The summed E-state index contributed by atoms with van der Waals surface area (Å²) in [6, 6.07) is 10.4. The maximum absolute atomic E-state index is 7.31. The van der Waals surface area contributed by atoms with E-state index >= 15 is 0 Å². The number of nitrogens with zero attached hydrogens (tertiary/aromatic N) is 1. The zero-order valence-electron chi connectivity index (χ0n) is 12.6. The molecular formula is C16H19N5O2. The quantitative estimate of drug-likeness (QED) is 0.333. The molecule has 0 spiro atoms. The van der Waals surface area contributed by atoms with E-state index in [1.54, 1.807) is 36.4 Å². The van der Waals surface area contributed by atoms with Gasteiger partial charge in [0.25, 0.3) is 0 Å². The van der Waals surface area contributed by atoms with Crippen LogP contribution in [0.5, 0.6) is 11.5 Å². The Labute approximate surface area is 134 Å². The van der Waals surface area contributed by atoms with E-state index in [4.69, 9.17) is 31.8 Å². The zero-order valence-corrected chi connectivity index (χ0v) is 12.6. The van der Waals surface area contributed by atoms with Crippen molar-refractivity contribution in [1.29, 1.82) is 10.8 Å². The van der Waals surface area contributed by atoms with Gasteiger partial charge in [0.2, 0.25) is 0 Å². The summed E-state index contributed by atoms with van der Waals surface area (Å²) in [5.74, 6) is 1.32. The van der Waals surface area contributed by atoms with E-state index in [2.05, 4.69) is 4.98 Å². The summed E-state index contributed by atoms with van der Waals surface area (Å²) in [4.78, 5) is 4.01. The lowest BCUT2D eigenvalue weighted by Gasteiger charge is -2.08. The lowest BCUT2D eigenvalue weighted by Crippen LogP contribution is -2.13. The van der Waals surface area contributed by atoms with Crippen molar-refractivity contribution in [2.75, 3.05) is 13.2 Å². The van der Waals surface area contributed by atoms with Gasteiger partial charge >= 0.3 is 0 Å². The Hall–Kier alpha value is -3.09. The smallest absolute Gasteiger partial charge is 0.141 e. The third-order valence-corrected chi connectivity index (χ3v) is 3.00. The number of amidine groups is 2. The lowest BCUT2D eigenvalue weighted by molar-refractivity contribution is 0.247. The number of hydrogen-bond acceptors (Lipinski definition) is 5. The Morgan fingerprint density at radius 3 is 2.00 bits per heavy atom. The summed E-state index contributed by atoms with van der Waals surface area (Å²) in [7, 11) is 0. The minimum atomic E-state index is -0.0688. The maximum Gasteiger partial charge on any atom is 0.141 e. The van der Waals surface area contributed by atoms with Gasteiger partial charge in [-0.2, -0.15) is 0 Å². The van der Waals surface area contributed by atoms with Crippen LogP contribution in [0.15, 0.2) is 42.6 Å². The van der Waals surface area contributed by atoms with Crippen LogP contribution in [0.4, 0.5) is 0 Å². The first-order valence-electron chi connectivity index (χ1n) is 7.07. The van der Waals surface area contributed by atoms with Crippen molar-refractivity contribution in [1.82, 2.24) is 4.98 Å². The monoisotopic (exact) mass is 313 g/mol. The average molecular weight is 313 g/mol. The Balaban J connectivity index is 1.69. The molecule has 2 rings (SSSR count). The molecule has 1 aromatic heterocycles. The molecule has 0 saturated heterocycles. The van der Waals surface area contributed by atoms with Gasteiger partial charge in [-0.1, -0.05) is 0 Å². The molecule has 23 heavy (non-hydrogen) atoms. The van der Waals surface area contributed by atoms with E-state index in [1.807, 2.05) is 0 Å². The fourth-order valence-corrected chi connectivity index (χ4v) is 1.79. The number of nitrogens with two attached hydrogens (primary N) is 2. The molecule has 1 heterocycles. The lowest BCUT2D eigenvalue weighted by atomic mass is 10.2. The third-order valence-electron chi connectivity index (χ3n) is 3.00. The first-order chi connectivity index (χ1) is 11.1. The molecular weight excluding hydrogens is 294 g/mol. The first kappa shape index (κ1) is 16.3. The van der Waals surface area contributed by atoms with E-state index in [0.29, 0.717) is 36.6 Å². The van der Waals surface area contributed by atoms with Gasteiger partial charge in [0.05, 0.1) is 19.4 Å². The summed E-state index contributed by atoms with van der Waals surface area (Å²) in [5, 5.41) is 14.6. The second kappa shape index (κ2) is 7.79. The van der Waals surface area contributed by atoms with Crippen LogP contribution in [0.25, 0.3) is 0 Å². The van der Waals surface area contributed by atoms with Crippen molar-refractivity contribution >= 4 is 11.7 Å². The SMILES string of the molecule is N=C(N)c1ccc(OCCCOc2ccc(C(=N)N)nc2)cc1. The predicted molar refractivity (Wildman–Crippen MR) is 88.3 cm³/mol. The molecule has 0 saturated carbocycles. The number of ether oxygens (including phenoxy) is 2. The second-order valence-electron chi connectivity index (χ2n) is 4.78. The molecule has 1 aromatic carbocycles. The summed E-state index contributed by atoms with van der Waals surface area (Å²) in [5.41, 5.74) is 11.8. The van der Waals surface area contributed by atoms with Crippen LogP contribution in [0.1, 0.15) is 17.7 Å². The van der Waals surface area contributed by atoms with Crippen LogP contribution >= 0.6 is 0 Å². The molecule has 0 amide bonds. The summed E-state index contributed by atoms with van der Waals surface area (Å²) < 4.78 is 11.1. The predicted octanol–water partition coefficient (Wildman–Crippen LogP) is 1.50. The van der Waals surface area contributed by atoms with Crippen LogP contribution in [-0.2, 0) is 0 Å². The van der Waals surface area contributed by atoms with Gasteiger partial charge in [0.15, 0.2) is 0 Å². The van der Waals surface area contributed by atoms with Crippen molar-refractivity contribution in [3.8, 4) is 11.5 Å². The van der Waals surface area contributed by atoms with Gasteiger partial charge in [-0.15, -0.1) is 0 Å². The van der Waals surface area contributed by atoms with Gasteiger partial charge < -0.3 is 20.9 Å². The highest BCUT2D eigenvalue weighted by molar-refractivity contribution is 5.95. The van der Waals surface area contributed by atoms with Gasteiger partial charge in [0, 0.05) is 12.0 Å². The number of pyridine rings is 1. The van der Waals surface area contributed by atoms with Gasteiger partial charge in [-0.25, -0.2) is 4.98 Å². The topological polar surface area (TPSA) is 131 Å². The number of benzene rings is 1. The molecule has 0 aliphatic carbocycles. The highest BCUT2D eigenvalue weighted by Gasteiger charge is 2.00. The fraction of sp³-hybridized carbons (Fsp3) is 0.188. The second-order valence-corrected chi connectivity index (χ2v) is 4.78. The zero-order chi connectivity index (χ0) is 16.7. The molecule has 0 bridgehead atoms. The van der Waals surface area contributed by atoms with Gasteiger partial charge in [0.1, 0.15) is 28.9 Å². The maximum atomic E-state index is 7.31. The van der Waals surface area contributed by atoms with E-state index in [9.17, 15) is 0 Å². The Morgan fingerprint density at radius 2 is 1.48 bits per heavy atom. The number of nitrogens with one attached hydrogen (secondary N) is 2. The molecule has 0 radical (unpaired) electrons. The van der Waals surface area contributed by atoms with E-state index in [1.165, 1.54) is 6.20 Å². The van der Waals surface area contributed by atoms with Crippen molar-refractivity contribution < 1.29 is 9.47 Å². The minimum absolute atomic E-state index is 0.0364. The fourth-order valence-electron chi connectivity index (χ4n) is 1.79. The summed E-state index contributed by atoms with van der Waals surface area (Å²) >= 11 is 0. The van der Waals surface area contributed by atoms with Crippen LogP contribution in [0.2, 0.25) is 0 Å². The number of hydrogen-bond donors (Lipinski definition) is 4. The van der Waals surface area contributed by atoms with Crippen LogP contribution in [0.3, 0.4) is 0 Å². The highest BCUT2D eigenvalue weighted by atomic mass is 16.5. The van der Waals surface area contributed by atoms with E-state index < -0.39 is 0 Å². The molecule has 7 nitrogen and oxygen atoms in total. The Kier molecular flexibility index (Phi) is 5.51. The molecule has 2 aromatic rings. The van der Waals surface area contributed by atoms with Crippen molar-refractivity contribution in [2.45, 2.75) is 6.42 Å². The normalized spacial score (nSPS) is 10.1. The molecule has 6 N–H and O–H groups in total. The number of aromatic nitrogens is 1. The van der Waals surface area contributed by atoms with Crippen LogP contribution in [-0.4, -0.2) is 29.9 Å².